The molecule has 0 unspecified atom stereocenters. The summed E-state index contributed by atoms with van der Waals surface area (Å²) in [7, 11) is 0. The van der Waals surface area contributed by atoms with Gasteiger partial charge in [-0.3, -0.25) is 9.59 Å². The van der Waals surface area contributed by atoms with Crippen molar-refractivity contribution in [3.63, 3.8) is 0 Å². The van der Waals surface area contributed by atoms with Gasteiger partial charge in [0.05, 0.1) is 12.1 Å². The Morgan fingerprint density at radius 2 is 1.53 bits per heavy atom. The highest BCUT2D eigenvalue weighted by Crippen LogP contribution is 2.27. The van der Waals surface area contributed by atoms with Gasteiger partial charge >= 0.3 is 6.03 Å². The molecule has 0 aliphatic carbocycles. The number of amides is 4. The van der Waals surface area contributed by atoms with Gasteiger partial charge in [-0.1, -0.05) is 60.7 Å². The van der Waals surface area contributed by atoms with Crippen LogP contribution in [-0.4, -0.2) is 53.3 Å². The lowest BCUT2D eigenvalue weighted by atomic mass is 10.00. The number of carbonyl (C=O) groups excluding carboxylic acids is 3. The van der Waals surface area contributed by atoms with Crippen LogP contribution in [-0.2, 0) is 16.0 Å². The van der Waals surface area contributed by atoms with E-state index in [1.165, 1.54) is 4.90 Å². The molecule has 4 amide bonds. The predicted molar refractivity (Wildman–Crippen MR) is 123 cm³/mol. The molecule has 0 saturated carbocycles. The van der Waals surface area contributed by atoms with Gasteiger partial charge in [-0.2, -0.15) is 0 Å². The molecule has 162 valence electrons. The van der Waals surface area contributed by atoms with Crippen LogP contribution < -0.4 is 4.90 Å². The number of nitrogens with zero attached hydrogens (tertiary/aromatic N) is 3. The standard InChI is InChI=1S/C26H25N3O3/c30-24(17-20-9-6-8-19-7-4-5-12-23(19)20)27-15-13-21(14-16-27)28-18-25(31)29(26(28)32)22-10-2-1-3-11-22/h1-12,21H,13-18H2. The lowest BCUT2D eigenvalue weighted by Gasteiger charge is -2.36. The van der Waals surface area contributed by atoms with Crippen molar-refractivity contribution in [1.82, 2.24) is 9.80 Å². The molecule has 3 aromatic rings. The molecule has 2 saturated heterocycles. The first-order valence-corrected chi connectivity index (χ1v) is 11.0. The van der Waals surface area contributed by atoms with Crippen LogP contribution in [0.5, 0.6) is 0 Å². The number of imide groups is 1. The summed E-state index contributed by atoms with van der Waals surface area (Å²) in [5, 5.41) is 2.25. The number of hydrogen-bond acceptors (Lipinski definition) is 3. The topological polar surface area (TPSA) is 60.9 Å². The maximum absolute atomic E-state index is 13.0. The molecule has 0 bridgehead atoms. The maximum Gasteiger partial charge on any atom is 0.332 e. The maximum atomic E-state index is 13.0. The van der Waals surface area contributed by atoms with Gasteiger partial charge in [0.15, 0.2) is 0 Å². The van der Waals surface area contributed by atoms with Gasteiger partial charge in [0.1, 0.15) is 6.54 Å². The van der Waals surface area contributed by atoms with E-state index >= 15 is 0 Å². The Hall–Kier alpha value is -3.67. The van der Waals surface area contributed by atoms with Crippen LogP contribution in [0.15, 0.2) is 72.8 Å². The Labute approximate surface area is 187 Å². The minimum Gasteiger partial charge on any atom is -0.342 e. The molecule has 2 aliphatic heterocycles. The quantitative estimate of drug-likeness (QED) is 0.595. The highest BCUT2D eigenvalue weighted by Gasteiger charge is 2.41. The summed E-state index contributed by atoms with van der Waals surface area (Å²) < 4.78 is 0. The summed E-state index contributed by atoms with van der Waals surface area (Å²) in [5.41, 5.74) is 1.64. The number of likely N-dealkylation sites (tertiary alicyclic amines) is 1. The minimum absolute atomic E-state index is 0.0261. The van der Waals surface area contributed by atoms with Gasteiger partial charge in [-0.25, -0.2) is 9.69 Å². The van der Waals surface area contributed by atoms with Crippen LogP contribution in [0.4, 0.5) is 10.5 Å². The number of anilines is 1. The van der Waals surface area contributed by atoms with Crippen molar-refractivity contribution in [2.75, 3.05) is 24.5 Å². The van der Waals surface area contributed by atoms with Crippen molar-refractivity contribution < 1.29 is 14.4 Å². The second-order valence-corrected chi connectivity index (χ2v) is 8.40. The third-order valence-electron chi connectivity index (χ3n) is 6.49. The predicted octanol–water partition coefficient (Wildman–Crippen LogP) is 3.84. The van der Waals surface area contributed by atoms with Gasteiger partial charge in [-0.15, -0.1) is 0 Å². The van der Waals surface area contributed by atoms with Crippen LogP contribution in [0.1, 0.15) is 18.4 Å². The van der Waals surface area contributed by atoms with Crippen molar-refractivity contribution in [3.05, 3.63) is 78.4 Å². The van der Waals surface area contributed by atoms with Crippen LogP contribution >= 0.6 is 0 Å². The van der Waals surface area contributed by atoms with E-state index in [4.69, 9.17) is 0 Å². The van der Waals surface area contributed by atoms with Gasteiger partial charge in [0.25, 0.3) is 5.91 Å². The second kappa shape index (κ2) is 8.46. The Morgan fingerprint density at radius 1 is 0.844 bits per heavy atom. The molecule has 6 nitrogen and oxygen atoms in total. The number of benzene rings is 3. The average molecular weight is 428 g/mol. The highest BCUT2D eigenvalue weighted by atomic mass is 16.2. The number of urea groups is 1. The number of rotatable bonds is 4. The fourth-order valence-corrected chi connectivity index (χ4v) is 4.78. The number of hydrogen-bond donors (Lipinski definition) is 0. The lowest BCUT2D eigenvalue weighted by molar-refractivity contribution is -0.132. The van der Waals surface area contributed by atoms with Crippen molar-refractivity contribution in [2.45, 2.75) is 25.3 Å². The number of carbonyl (C=O) groups is 3. The van der Waals surface area contributed by atoms with E-state index in [2.05, 4.69) is 18.2 Å². The van der Waals surface area contributed by atoms with Crippen LogP contribution in [0, 0.1) is 0 Å². The summed E-state index contributed by atoms with van der Waals surface area (Å²) in [6.45, 7) is 1.29. The van der Waals surface area contributed by atoms with E-state index < -0.39 is 0 Å². The second-order valence-electron chi connectivity index (χ2n) is 8.40. The fourth-order valence-electron chi connectivity index (χ4n) is 4.78. The van der Waals surface area contributed by atoms with Gasteiger partial charge in [-0.05, 0) is 41.3 Å². The van der Waals surface area contributed by atoms with Crippen LogP contribution in [0.3, 0.4) is 0 Å². The van der Waals surface area contributed by atoms with E-state index in [0.29, 0.717) is 38.0 Å². The van der Waals surface area contributed by atoms with Crippen molar-refractivity contribution >= 4 is 34.3 Å². The van der Waals surface area contributed by atoms with E-state index in [0.717, 1.165) is 16.3 Å². The van der Waals surface area contributed by atoms with Gasteiger partial charge in [0.2, 0.25) is 5.91 Å². The van der Waals surface area contributed by atoms with E-state index in [1.807, 2.05) is 47.4 Å². The zero-order chi connectivity index (χ0) is 22.1. The molecule has 2 aliphatic rings. The zero-order valence-electron chi connectivity index (χ0n) is 17.8. The average Bonchev–Trinajstić information content (AvgIpc) is 3.13. The number of para-hydroxylation sites is 1. The lowest BCUT2D eigenvalue weighted by Crippen LogP contribution is -2.48. The Balaban J connectivity index is 1.22. The summed E-state index contributed by atoms with van der Waals surface area (Å²) in [6, 6.07) is 22.9. The number of fused-ring (bicyclic) bond motifs is 1. The minimum atomic E-state index is -0.262. The largest absolute Gasteiger partial charge is 0.342 e. The normalized spacial score (nSPS) is 17.4. The highest BCUT2D eigenvalue weighted by molar-refractivity contribution is 6.19. The molecular weight excluding hydrogens is 402 g/mol. The SMILES string of the molecule is O=C(Cc1cccc2ccccc12)N1CCC(N2CC(=O)N(c3ccccc3)C2=O)CC1. The zero-order valence-corrected chi connectivity index (χ0v) is 17.8. The van der Waals surface area contributed by atoms with Gasteiger partial charge < -0.3 is 9.80 Å². The first kappa shape index (κ1) is 20.2. The van der Waals surface area contributed by atoms with Crippen molar-refractivity contribution in [2.24, 2.45) is 0 Å². The Morgan fingerprint density at radius 3 is 2.31 bits per heavy atom. The monoisotopic (exact) mass is 427 g/mol. The molecule has 0 aromatic heterocycles. The molecule has 5 rings (SSSR count). The third kappa shape index (κ3) is 3.73. The molecule has 2 heterocycles. The molecule has 0 N–H and O–H groups in total. The molecule has 0 radical (unpaired) electrons. The fraction of sp³-hybridized carbons (Fsp3) is 0.269. The van der Waals surface area contributed by atoms with E-state index in [1.54, 1.807) is 17.0 Å². The van der Waals surface area contributed by atoms with Crippen molar-refractivity contribution in [3.8, 4) is 0 Å². The number of piperidine rings is 1. The Kier molecular flexibility index (Phi) is 5.35. The van der Waals surface area contributed by atoms with Gasteiger partial charge in [0, 0.05) is 19.1 Å². The molecule has 3 aromatic carbocycles. The van der Waals surface area contributed by atoms with E-state index in [9.17, 15) is 14.4 Å². The smallest absolute Gasteiger partial charge is 0.332 e. The van der Waals surface area contributed by atoms with Crippen LogP contribution in [0.25, 0.3) is 10.8 Å². The Bertz CT molecular complexity index is 1160. The summed E-state index contributed by atoms with van der Waals surface area (Å²) in [4.78, 5) is 43.3. The molecule has 0 spiro atoms. The summed E-state index contributed by atoms with van der Waals surface area (Å²) in [5.74, 6) is -0.0924. The summed E-state index contributed by atoms with van der Waals surface area (Å²) in [6.07, 6.45) is 1.74. The van der Waals surface area contributed by atoms with E-state index in [-0.39, 0.29) is 30.4 Å². The first-order valence-electron chi connectivity index (χ1n) is 11.0. The molecule has 32 heavy (non-hydrogen) atoms. The van der Waals surface area contributed by atoms with Crippen molar-refractivity contribution in [1.29, 1.82) is 0 Å². The first-order chi connectivity index (χ1) is 15.6. The van der Waals surface area contributed by atoms with Crippen LogP contribution in [0.2, 0.25) is 0 Å². The molecule has 0 atom stereocenters. The molecule has 2 fully saturated rings. The molecule has 6 heteroatoms. The molecular formula is C26H25N3O3. The third-order valence-corrected chi connectivity index (χ3v) is 6.49. The summed E-state index contributed by atoms with van der Waals surface area (Å²) >= 11 is 0.